The Hall–Kier alpha value is -2.92. The zero-order chi connectivity index (χ0) is 27.6. The molecule has 2 aliphatic rings. The normalized spacial score (nSPS) is 21.4. The molecule has 0 bridgehead atoms. The molecule has 0 aromatic heterocycles. The van der Waals surface area contributed by atoms with Crippen molar-refractivity contribution < 1.29 is 22.7 Å². The molecule has 0 spiro atoms. The van der Waals surface area contributed by atoms with E-state index in [1.807, 2.05) is 13.8 Å². The number of likely N-dealkylation sites (N-methyl/N-ethyl adjacent to an activating group) is 1. The van der Waals surface area contributed by atoms with Gasteiger partial charge < -0.3 is 10.1 Å². The average molecular weight is 561 g/mol. The van der Waals surface area contributed by atoms with Crippen molar-refractivity contribution in [1.29, 1.82) is 0 Å². The second-order valence-electron chi connectivity index (χ2n) is 9.59. The molecule has 1 saturated heterocycles. The van der Waals surface area contributed by atoms with Crippen LogP contribution in [0.15, 0.2) is 64.7 Å². The van der Waals surface area contributed by atoms with Crippen LogP contribution < -0.4 is 5.32 Å². The van der Waals surface area contributed by atoms with Gasteiger partial charge in [-0.1, -0.05) is 41.4 Å². The molecule has 2 atom stereocenters. The molecular formula is C27H33ClN4O5S. The Morgan fingerprint density at radius 3 is 2.50 bits per heavy atom. The number of benzene rings is 2. The molecule has 2 aromatic carbocycles. The highest BCUT2D eigenvalue weighted by Crippen LogP contribution is 2.33. The number of carbonyl (C=O) groups excluding carboxylic acids is 2. The van der Waals surface area contributed by atoms with Crippen LogP contribution in [0.25, 0.3) is 0 Å². The quantitative estimate of drug-likeness (QED) is 0.520. The first kappa shape index (κ1) is 28.1. The van der Waals surface area contributed by atoms with E-state index >= 15 is 0 Å². The number of carbonyl (C=O) groups is 2. The smallest absolute Gasteiger partial charge is 0.338 e. The Bertz CT molecular complexity index is 1350. The van der Waals surface area contributed by atoms with E-state index in [0.29, 0.717) is 34.9 Å². The predicted octanol–water partition coefficient (Wildman–Crippen LogP) is 3.56. The van der Waals surface area contributed by atoms with Crippen LogP contribution in [0.2, 0.25) is 5.02 Å². The van der Waals surface area contributed by atoms with Crippen LogP contribution in [-0.4, -0.2) is 80.4 Å². The van der Waals surface area contributed by atoms with E-state index in [1.165, 1.54) is 9.21 Å². The number of piperazine rings is 1. The minimum absolute atomic E-state index is 0.183. The summed E-state index contributed by atoms with van der Waals surface area (Å²) in [6.07, 6.45) is 0. The molecule has 2 unspecified atom stereocenters. The third-order valence-corrected chi connectivity index (χ3v) is 9.17. The zero-order valence-corrected chi connectivity index (χ0v) is 23.6. The van der Waals surface area contributed by atoms with Crippen LogP contribution in [0.4, 0.5) is 4.79 Å². The highest BCUT2D eigenvalue weighted by atomic mass is 35.5. The summed E-state index contributed by atoms with van der Waals surface area (Å²) < 4.78 is 33.5. The van der Waals surface area contributed by atoms with Crippen molar-refractivity contribution in [3.8, 4) is 0 Å². The Morgan fingerprint density at radius 1 is 1.16 bits per heavy atom. The minimum Gasteiger partial charge on any atom is -0.463 e. The number of hydrogen-bond donors (Lipinski definition) is 1. The van der Waals surface area contributed by atoms with Crippen LogP contribution in [0.5, 0.6) is 0 Å². The van der Waals surface area contributed by atoms with Gasteiger partial charge in [-0.15, -0.1) is 0 Å². The lowest BCUT2D eigenvalue weighted by atomic mass is 9.94. The molecule has 1 fully saturated rings. The lowest BCUT2D eigenvalue weighted by molar-refractivity contribution is -0.139. The number of nitrogens with one attached hydrogen (secondary N) is 1. The van der Waals surface area contributed by atoms with Gasteiger partial charge in [-0.2, -0.15) is 4.31 Å². The summed E-state index contributed by atoms with van der Waals surface area (Å²) >= 11 is 6.21. The first-order valence-corrected chi connectivity index (χ1v) is 14.4. The molecule has 0 radical (unpaired) electrons. The number of sulfonamides is 1. The second kappa shape index (κ2) is 11.4. The predicted molar refractivity (Wildman–Crippen MR) is 145 cm³/mol. The maximum absolute atomic E-state index is 13.3. The topological polar surface area (TPSA) is 99.3 Å². The van der Waals surface area contributed by atoms with E-state index in [2.05, 4.69) is 10.2 Å². The van der Waals surface area contributed by atoms with Gasteiger partial charge in [-0.05, 0) is 50.6 Å². The summed E-state index contributed by atoms with van der Waals surface area (Å²) in [6, 6.07) is 12.4. The first-order chi connectivity index (χ1) is 18.0. The Balaban J connectivity index is 1.62. The van der Waals surface area contributed by atoms with Crippen molar-refractivity contribution >= 4 is 33.6 Å². The number of halogens is 1. The second-order valence-corrected chi connectivity index (χ2v) is 11.9. The van der Waals surface area contributed by atoms with Gasteiger partial charge in [0.25, 0.3) is 0 Å². The van der Waals surface area contributed by atoms with E-state index in [1.54, 1.807) is 62.5 Å². The van der Waals surface area contributed by atoms with Crippen molar-refractivity contribution in [3.05, 3.63) is 76.0 Å². The number of ether oxygens (including phenoxy) is 1. The fourth-order valence-electron chi connectivity index (χ4n) is 4.91. The van der Waals surface area contributed by atoms with Crippen molar-refractivity contribution in [2.75, 3.05) is 39.8 Å². The number of rotatable bonds is 7. The summed E-state index contributed by atoms with van der Waals surface area (Å²) in [5.41, 5.74) is 2.50. The molecule has 1 N–H and O–H groups in total. The number of amides is 2. The van der Waals surface area contributed by atoms with Crippen LogP contribution in [0.1, 0.15) is 31.0 Å². The summed E-state index contributed by atoms with van der Waals surface area (Å²) in [5.74, 6) is -0.520. The Labute approximate surface area is 229 Å². The van der Waals surface area contributed by atoms with Crippen molar-refractivity contribution in [2.24, 2.45) is 0 Å². The molecule has 0 saturated carbocycles. The monoisotopic (exact) mass is 560 g/mol. The van der Waals surface area contributed by atoms with Gasteiger partial charge in [0.1, 0.15) is 0 Å². The highest BCUT2D eigenvalue weighted by molar-refractivity contribution is 7.89. The molecule has 9 nitrogen and oxygen atoms in total. The number of nitrogens with zero attached hydrogens (tertiary/aromatic N) is 3. The average Bonchev–Trinajstić information content (AvgIpc) is 2.87. The number of esters is 1. The molecule has 204 valence electrons. The van der Waals surface area contributed by atoms with E-state index in [9.17, 15) is 18.0 Å². The van der Waals surface area contributed by atoms with Gasteiger partial charge >= 0.3 is 12.0 Å². The van der Waals surface area contributed by atoms with Gasteiger partial charge in [0.05, 0.1) is 23.1 Å². The molecule has 4 rings (SSSR count). The fourth-order valence-corrected chi connectivity index (χ4v) is 6.72. The van der Waals surface area contributed by atoms with E-state index in [-0.39, 0.29) is 36.7 Å². The largest absolute Gasteiger partial charge is 0.463 e. The molecule has 2 aromatic rings. The maximum Gasteiger partial charge on any atom is 0.338 e. The molecule has 2 aliphatic heterocycles. The van der Waals surface area contributed by atoms with Crippen LogP contribution in [0, 0.1) is 6.92 Å². The first-order valence-electron chi connectivity index (χ1n) is 12.5. The SMILES string of the molecule is CCOC(=O)C1=C(CN2CCN(S(=O)(=O)c3ccc(C)cc3)C(C)C2)N(C)C(=O)NC1c1cccc(Cl)c1. The van der Waals surface area contributed by atoms with Gasteiger partial charge in [-0.3, -0.25) is 9.80 Å². The molecule has 0 aliphatic carbocycles. The Kier molecular flexibility index (Phi) is 8.46. The summed E-state index contributed by atoms with van der Waals surface area (Å²) in [7, 11) is -2.04. The van der Waals surface area contributed by atoms with Gasteiger partial charge in [0.15, 0.2) is 0 Å². The zero-order valence-electron chi connectivity index (χ0n) is 22.0. The van der Waals surface area contributed by atoms with Gasteiger partial charge in [0.2, 0.25) is 10.0 Å². The molecule has 2 heterocycles. The minimum atomic E-state index is -3.65. The van der Waals surface area contributed by atoms with Crippen LogP contribution in [-0.2, 0) is 19.6 Å². The van der Waals surface area contributed by atoms with Gasteiger partial charge in [0, 0.05) is 50.0 Å². The molecule has 11 heteroatoms. The standard InChI is InChI=1S/C27H33ClN4O5S/c1-5-37-26(33)24-23(30(4)27(34)29-25(24)20-7-6-8-21(28)15-20)17-31-13-14-32(19(3)16-31)38(35,36)22-11-9-18(2)10-12-22/h6-12,15,19,25H,5,13-14,16-17H2,1-4H3,(H,29,34). The van der Waals surface area contributed by atoms with E-state index in [4.69, 9.17) is 16.3 Å². The van der Waals surface area contributed by atoms with Crippen molar-refractivity contribution in [2.45, 2.75) is 37.8 Å². The highest BCUT2D eigenvalue weighted by Gasteiger charge is 2.39. The van der Waals surface area contributed by atoms with E-state index < -0.39 is 22.0 Å². The number of hydrogen-bond acceptors (Lipinski definition) is 6. The van der Waals surface area contributed by atoms with Gasteiger partial charge in [-0.25, -0.2) is 18.0 Å². The fraction of sp³-hybridized carbons (Fsp3) is 0.407. The lowest BCUT2D eigenvalue weighted by Gasteiger charge is -2.41. The molecule has 2 amide bonds. The van der Waals surface area contributed by atoms with Crippen molar-refractivity contribution in [3.63, 3.8) is 0 Å². The number of aryl methyl sites for hydroxylation is 1. The third-order valence-electron chi connectivity index (χ3n) is 6.91. The summed E-state index contributed by atoms with van der Waals surface area (Å²) in [4.78, 5) is 29.9. The lowest BCUT2D eigenvalue weighted by Crippen LogP contribution is -2.56. The van der Waals surface area contributed by atoms with Crippen molar-refractivity contribution in [1.82, 2.24) is 19.4 Å². The van der Waals surface area contributed by atoms with Crippen LogP contribution >= 0.6 is 11.6 Å². The Morgan fingerprint density at radius 2 is 1.87 bits per heavy atom. The maximum atomic E-state index is 13.3. The summed E-state index contributed by atoms with van der Waals surface area (Å²) in [6.45, 7) is 7.12. The summed E-state index contributed by atoms with van der Waals surface area (Å²) in [5, 5.41) is 3.37. The molecular weight excluding hydrogens is 528 g/mol. The third kappa shape index (κ3) is 5.73. The molecule has 38 heavy (non-hydrogen) atoms. The number of urea groups is 1. The van der Waals surface area contributed by atoms with E-state index in [0.717, 1.165) is 5.56 Å². The van der Waals surface area contributed by atoms with Crippen LogP contribution in [0.3, 0.4) is 0 Å².